The second-order valence-corrected chi connectivity index (χ2v) is 4.56. The standard InChI is InChI=1S/C13H18O/c1-4-13(2,3)9-11-6-5-7-12(8-11)10-14/h5-8,10H,4,9H2,1-3H3. The van der Waals surface area contributed by atoms with Gasteiger partial charge in [-0.15, -0.1) is 0 Å². The molecule has 0 radical (unpaired) electrons. The number of aldehydes is 1. The monoisotopic (exact) mass is 190 g/mol. The Labute approximate surface area is 86.1 Å². The molecule has 1 nitrogen and oxygen atoms in total. The quantitative estimate of drug-likeness (QED) is 0.664. The van der Waals surface area contributed by atoms with E-state index in [2.05, 4.69) is 26.8 Å². The number of rotatable bonds is 4. The lowest BCUT2D eigenvalue weighted by Gasteiger charge is -2.22. The molecule has 0 amide bonds. The predicted molar refractivity (Wildman–Crippen MR) is 59.6 cm³/mol. The highest BCUT2D eigenvalue weighted by Gasteiger charge is 2.15. The maximum Gasteiger partial charge on any atom is 0.150 e. The molecule has 0 aliphatic rings. The normalized spacial score (nSPS) is 11.4. The average molecular weight is 190 g/mol. The Morgan fingerprint density at radius 2 is 2.07 bits per heavy atom. The highest BCUT2D eigenvalue weighted by Crippen LogP contribution is 2.25. The van der Waals surface area contributed by atoms with Crippen LogP contribution in [0.25, 0.3) is 0 Å². The first-order chi connectivity index (χ1) is 6.57. The van der Waals surface area contributed by atoms with Crippen molar-refractivity contribution in [3.05, 3.63) is 35.4 Å². The van der Waals surface area contributed by atoms with Gasteiger partial charge in [0.05, 0.1) is 0 Å². The minimum absolute atomic E-state index is 0.321. The molecule has 1 heteroatoms. The SMILES string of the molecule is CCC(C)(C)Cc1cccc(C=O)c1. The molecule has 1 aromatic rings. The molecule has 0 heterocycles. The summed E-state index contributed by atoms with van der Waals surface area (Å²) in [5.74, 6) is 0. The van der Waals surface area contributed by atoms with Crippen LogP contribution in [0.15, 0.2) is 24.3 Å². The molecule has 0 N–H and O–H groups in total. The zero-order valence-corrected chi connectivity index (χ0v) is 9.21. The van der Waals surface area contributed by atoms with E-state index in [0.717, 1.165) is 24.7 Å². The minimum Gasteiger partial charge on any atom is -0.298 e. The Bertz CT molecular complexity index is 313. The van der Waals surface area contributed by atoms with Crippen LogP contribution >= 0.6 is 0 Å². The highest BCUT2D eigenvalue weighted by atomic mass is 16.1. The third-order valence-electron chi connectivity index (χ3n) is 2.73. The van der Waals surface area contributed by atoms with E-state index >= 15 is 0 Å². The lowest BCUT2D eigenvalue weighted by molar-refractivity contribution is 0.112. The van der Waals surface area contributed by atoms with E-state index in [-0.39, 0.29) is 0 Å². The molecule has 1 aromatic carbocycles. The third-order valence-corrected chi connectivity index (χ3v) is 2.73. The summed E-state index contributed by atoms with van der Waals surface area (Å²) in [6.07, 6.45) is 3.09. The van der Waals surface area contributed by atoms with Crippen molar-refractivity contribution < 1.29 is 4.79 Å². The maximum absolute atomic E-state index is 10.6. The second-order valence-electron chi connectivity index (χ2n) is 4.56. The van der Waals surface area contributed by atoms with Gasteiger partial charge in [0.1, 0.15) is 6.29 Å². The number of carbonyl (C=O) groups excluding carboxylic acids is 1. The molecule has 0 bridgehead atoms. The van der Waals surface area contributed by atoms with Crippen molar-refractivity contribution in [3.63, 3.8) is 0 Å². The molecule has 0 aliphatic heterocycles. The van der Waals surface area contributed by atoms with Gasteiger partial charge in [-0.2, -0.15) is 0 Å². The minimum atomic E-state index is 0.321. The highest BCUT2D eigenvalue weighted by molar-refractivity contribution is 5.74. The molecule has 0 spiro atoms. The fraction of sp³-hybridized carbons (Fsp3) is 0.462. The van der Waals surface area contributed by atoms with E-state index < -0.39 is 0 Å². The Balaban J connectivity index is 2.81. The van der Waals surface area contributed by atoms with Gasteiger partial charge in [-0.05, 0) is 23.5 Å². The Kier molecular flexibility index (Phi) is 3.45. The largest absolute Gasteiger partial charge is 0.298 e. The molecule has 0 atom stereocenters. The average Bonchev–Trinajstić information content (AvgIpc) is 2.17. The maximum atomic E-state index is 10.6. The summed E-state index contributed by atoms with van der Waals surface area (Å²) >= 11 is 0. The smallest absolute Gasteiger partial charge is 0.150 e. The number of carbonyl (C=O) groups is 1. The summed E-state index contributed by atoms with van der Waals surface area (Å²) in [7, 11) is 0. The van der Waals surface area contributed by atoms with Crippen LogP contribution in [0, 0.1) is 5.41 Å². The van der Waals surface area contributed by atoms with Gasteiger partial charge in [0.15, 0.2) is 0 Å². The predicted octanol–water partition coefficient (Wildman–Crippen LogP) is 3.48. The molecule has 0 aromatic heterocycles. The van der Waals surface area contributed by atoms with Crippen LogP contribution in [0.2, 0.25) is 0 Å². The van der Waals surface area contributed by atoms with Gasteiger partial charge in [0, 0.05) is 5.56 Å². The summed E-state index contributed by atoms with van der Waals surface area (Å²) in [6, 6.07) is 7.86. The van der Waals surface area contributed by atoms with E-state index in [0.29, 0.717) is 5.41 Å². The first-order valence-electron chi connectivity index (χ1n) is 5.11. The van der Waals surface area contributed by atoms with E-state index in [1.54, 1.807) is 0 Å². The van der Waals surface area contributed by atoms with Crippen LogP contribution in [0.3, 0.4) is 0 Å². The van der Waals surface area contributed by atoms with Gasteiger partial charge in [-0.25, -0.2) is 0 Å². The number of hydrogen-bond acceptors (Lipinski definition) is 1. The van der Waals surface area contributed by atoms with Crippen LogP contribution in [0.5, 0.6) is 0 Å². The topological polar surface area (TPSA) is 17.1 Å². The first-order valence-corrected chi connectivity index (χ1v) is 5.11. The van der Waals surface area contributed by atoms with Gasteiger partial charge < -0.3 is 0 Å². The van der Waals surface area contributed by atoms with Crippen molar-refractivity contribution >= 4 is 6.29 Å². The van der Waals surface area contributed by atoms with Crippen molar-refractivity contribution in [1.29, 1.82) is 0 Å². The number of benzene rings is 1. The zero-order chi connectivity index (χ0) is 10.6. The first kappa shape index (κ1) is 11.0. The van der Waals surface area contributed by atoms with Crippen LogP contribution in [-0.4, -0.2) is 6.29 Å². The van der Waals surface area contributed by atoms with E-state index in [4.69, 9.17) is 0 Å². The molecule has 0 unspecified atom stereocenters. The molecular formula is C13H18O. The summed E-state index contributed by atoms with van der Waals surface area (Å²) in [5, 5.41) is 0. The van der Waals surface area contributed by atoms with Crippen LogP contribution < -0.4 is 0 Å². The van der Waals surface area contributed by atoms with Gasteiger partial charge >= 0.3 is 0 Å². The summed E-state index contributed by atoms with van der Waals surface area (Å²) < 4.78 is 0. The zero-order valence-electron chi connectivity index (χ0n) is 9.21. The van der Waals surface area contributed by atoms with Gasteiger partial charge in [0.25, 0.3) is 0 Å². The molecule has 0 saturated carbocycles. The molecular weight excluding hydrogens is 172 g/mol. The lowest BCUT2D eigenvalue weighted by atomic mass is 9.83. The second kappa shape index (κ2) is 4.41. The van der Waals surface area contributed by atoms with Gasteiger partial charge in [-0.1, -0.05) is 45.4 Å². The van der Waals surface area contributed by atoms with Crippen molar-refractivity contribution in [1.82, 2.24) is 0 Å². The van der Waals surface area contributed by atoms with E-state index in [1.165, 1.54) is 5.56 Å². The van der Waals surface area contributed by atoms with Crippen LogP contribution in [-0.2, 0) is 6.42 Å². The van der Waals surface area contributed by atoms with Crippen LogP contribution in [0.1, 0.15) is 43.1 Å². The molecule has 1 rings (SSSR count). The Morgan fingerprint density at radius 3 is 2.64 bits per heavy atom. The lowest BCUT2D eigenvalue weighted by Crippen LogP contribution is -2.13. The Morgan fingerprint density at radius 1 is 1.36 bits per heavy atom. The summed E-state index contributed by atoms with van der Waals surface area (Å²) in [4.78, 5) is 10.6. The molecule has 0 aliphatic carbocycles. The van der Waals surface area contributed by atoms with Gasteiger partial charge in [0.2, 0.25) is 0 Å². The molecule has 0 fully saturated rings. The molecule has 14 heavy (non-hydrogen) atoms. The molecule has 76 valence electrons. The van der Waals surface area contributed by atoms with Gasteiger partial charge in [-0.3, -0.25) is 4.79 Å². The van der Waals surface area contributed by atoms with E-state index in [1.807, 2.05) is 18.2 Å². The Hall–Kier alpha value is -1.11. The van der Waals surface area contributed by atoms with E-state index in [9.17, 15) is 4.79 Å². The van der Waals surface area contributed by atoms with Crippen molar-refractivity contribution in [3.8, 4) is 0 Å². The third kappa shape index (κ3) is 2.99. The summed E-state index contributed by atoms with van der Waals surface area (Å²) in [5.41, 5.74) is 2.34. The summed E-state index contributed by atoms with van der Waals surface area (Å²) in [6.45, 7) is 6.70. The van der Waals surface area contributed by atoms with Crippen molar-refractivity contribution in [2.45, 2.75) is 33.6 Å². The van der Waals surface area contributed by atoms with Crippen LogP contribution in [0.4, 0.5) is 0 Å². The van der Waals surface area contributed by atoms with Crippen molar-refractivity contribution in [2.75, 3.05) is 0 Å². The fourth-order valence-electron chi connectivity index (χ4n) is 1.45. The fourth-order valence-corrected chi connectivity index (χ4v) is 1.45. The molecule has 0 saturated heterocycles. The van der Waals surface area contributed by atoms with Crippen molar-refractivity contribution in [2.24, 2.45) is 5.41 Å². The number of hydrogen-bond donors (Lipinski definition) is 0.